The van der Waals surface area contributed by atoms with E-state index in [2.05, 4.69) is 49.5 Å². The number of rotatable bonds is 16. The molecule has 27 heavy (non-hydrogen) atoms. The summed E-state index contributed by atoms with van der Waals surface area (Å²) in [5.74, 6) is 1.35. The van der Waals surface area contributed by atoms with Crippen LogP contribution in [0.4, 0.5) is 0 Å². The molecule has 0 aliphatic carbocycles. The number of nitrogens with zero attached hydrogens (tertiary/aromatic N) is 2. The van der Waals surface area contributed by atoms with Crippen molar-refractivity contribution in [2.24, 2.45) is 10.9 Å². The van der Waals surface area contributed by atoms with E-state index in [0.29, 0.717) is 25.2 Å². The summed E-state index contributed by atoms with van der Waals surface area (Å²) in [4.78, 5) is 7.15. The van der Waals surface area contributed by atoms with Crippen molar-refractivity contribution < 1.29 is 9.47 Å². The summed E-state index contributed by atoms with van der Waals surface area (Å²) in [6.45, 7) is 20.4. The van der Waals surface area contributed by atoms with Crippen LogP contribution in [-0.4, -0.2) is 76.6 Å². The third kappa shape index (κ3) is 15.0. The smallest absolute Gasteiger partial charge is 0.191 e. The summed E-state index contributed by atoms with van der Waals surface area (Å²) in [6.07, 6.45) is 4.81. The van der Waals surface area contributed by atoms with Gasteiger partial charge in [0.05, 0.1) is 19.8 Å². The summed E-state index contributed by atoms with van der Waals surface area (Å²) in [6, 6.07) is 0.346. The fourth-order valence-corrected chi connectivity index (χ4v) is 2.58. The lowest BCUT2D eigenvalue weighted by atomic mass is 10.0. The largest absolute Gasteiger partial charge is 0.382 e. The third-order valence-electron chi connectivity index (χ3n) is 3.94. The van der Waals surface area contributed by atoms with E-state index in [0.717, 1.165) is 51.7 Å². The topological polar surface area (TPSA) is 58.1 Å². The summed E-state index contributed by atoms with van der Waals surface area (Å²) in [7, 11) is 1.68. The number of guanidine groups is 1. The van der Waals surface area contributed by atoms with Gasteiger partial charge in [0.2, 0.25) is 0 Å². The van der Waals surface area contributed by atoms with Crippen LogP contribution in [0.3, 0.4) is 0 Å². The second kappa shape index (κ2) is 20.1. The molecule has 0 saturated heterocycles. The molecule has 0 bridgehead atoms. The maximum absolute atomic E-state index is 5.48. The fraction of sp³-hybridized carbons (Fsp3) is 0.750. The third-order valence-corrected chi connectivity index (χ3v) is 3.94. The van der Waals surface area contributed by atoms with Crippen molar-refractivity contribution in [3.63, 3.8) is 0 Å². The predicted molar refractivity (Wildman–Crippen MR) is 127 cm³/mol. The van der Waals surface area contributed by atoms with Gasteiger partial charge in [-0.05, 0) is 19.3 Å². The molecule has 0 spiro atoms. The van der Waals surface area contributed by atoms with E-state index < -0.39 is 0 Å². The Morgan fingerprint density at radius 1 is 1.11 bits per heavy atom. The molecule has 7 heteroatoms. The molecule has 0 saturated carbocycles. The maximum atomic E-state index is 5.48. The summed E-state index contributed by atoms with van der Waals surface area (Å²) in [5, 5.41) is 6.69. The first kappa shape index (κ1) is 28.6. The zero-order valence-electron chi connectivity index (χ0n) is 17.7. The minimum atomic E-state index is 0. The Morgan fingerprint density at radius 3 is 2.30 bits per heavy atom. The first-order chi connectivity index (χ1) is 12.6. The van der Waals surface area contributed by atoms with Crippen LogP contribution >= 0.6 is 24.0 Å². The van der Waals surface area contributed by atoms with Crippen molar-refractivity contribution in [1.82, 2.24) is 15.5 Å². The fourth-order valence-electron chi connectivity index (χ4n) is 2.58. The molecule has 1 atom stereocenters. The number of hydrogen-bond donors (Lipinski definition) is 2. The van der Waals surface area contributed by atoms with Crippen LogP contribution in [0.5, 0.6) is 0 Å². The molecule has 160 valence electrons. The van der Waals surface area contributed by atoms with Crippen molar-refractivity contribution in [3.8, 4) is 0 Å². The van der Waals surface area contributed by atoms with Gasteiger partial charge in [0.15, 0.2) is 5.96 Å². The Morgan fingerprint density at radius 2 is 1.78 bits per heavy atom. The van der Waals surface area contributed by atoms with E-state index in [1.165, 1.54) is 0 Å². The number of aliphatic imine (C=N–C) groups is 1. The number of nitrogens with one attached hydrogen (secondary N) is 2. The van der Waals surface area contributed by atoms with Crippen LogP contribution < -0.4 is 10.6 Å². The molecule has 0 fully saturated rings. The van der Waals surface area contributed by atoms with Gasteiger partial charge in [-0.15, -0.1) is 37.1 Å². The highest BCUT2D eigenvalue weighted by atomic mass is 127. The van der Waals surface area contributed by atoms with E-state index in [1.807, 2.05) is 12.2 Å². The number of methoxy groups -OCH3 is 1. The van der Waals surface area contributed by atoms with Crippen LogP contribution in [-0.2, 0) is 9.47 Å². The molecule has 6 nitrogen and oxygen atoms in total. The van der Waals surface area contributed by atoms with Crippen LogP contribution in [0, 0.1) is 5.92 Å². The summed E-state index contributed by atoms with van der Waals surface area (Å²) in [5.41, 5.74) is 0. The Bertz CT molecular complexity index is 382. The highest BCUT2D eigenvalue weighted by molar-refractivity contribution is 14.0. The van der Waals surface area contributed by atoms with Gasteiger partial charge in [0, 0.05) is 45.9 Å². The van der Waals surface area contributed by atoms with E-state index in [4.69, 9.17) is 14.5 Å². The molecular formula is C20H41IN4O2. The Labute approximate surface area is 183 Å². The Hall–Kier alpha value is -0.640. The van der Waals surface area contributed by atoms with E-state index in [9.17, 15) is 0 Å². The second-order valence-corrected chi connectivity index (χ2v) is 6.45. The summed E-state index contributed by atoms with van der Waals surface area (Å²) >= 11 is 0. The van der Waals surface area contributed by atoms with E-state index in [1.54, 1.807) is 7.11 Å². The molecule has 0 aromatic carbocycles. The lowest BCUT2D eigenvalue weighted by Crippen LogP contribution is -2.43. The first-order valence-corrected chi connectivity index (χ1v) is 9.65. The maximum Gasteiger partial charge on any atom is 0.191 e. The van der Waals surface area contributed by atoms with Crippen molar-refractivity contribution in [2.75, 3.05) is 59.7 Å². The first-order valence-electron chi connectivity index (χ1n) is 9.65. The highest BCUT2D eigenvalue weighted by Gasteiger charge is 2.20. The van der Waals surface area contributed by atoms with E-state index in [-0.39, 0.29) is 24.0 Å². The van der Waals surface area contributed by atoms with Gasteiger partial charge in [-0.1, -0.05) is 26.0 Å². The zero-order valence-corrected chi connectivity index (χ0v) is 20.0. The second-order valence-electron chi connectivity index (χ2n) is 6.45. The number of ether oxygens (including phenoxy) is 2. The van der Waals surface area contributed by atoms with Crippen LogP contribution in [0.2, 0.25) is 0 Å². The molecule has 0 aliphatic heterocycles. The molecular weight excluding hydrogens is 455 g/mol. The summed E-state index contributed by atoms with van der Waals surface area (Å²) < 4.78 is 10.4. The average molecular weight is 496 g/mol. The molecule has 1 unspecified atom stereocenters. The molecule has 0 heterocycles. The lowest BCUT2D eigenvalue weighted by molar-refractivity contribution is 0.0698. The van der Waals surface area contributed by atoms with Crippen molar-refractivity contribution >= 4 is 29.9 Å². The van der Waals surface area contributed by atoms with Crippen molar-refractivity contribution in [2.45, 2.75) is 33.2 Å². The molecule has 0 aromatic rings. The normalized spacial score (nSPS) is 12.6. The average Bonchev–Trinajstić information content (AvgIpc) is 2.61. The molecule has 2 N–H and O–H groups in total. The highest BCUT2D eigenvalue weighted by Crippen LogP contribution is 2.11. The predicted octanol–water partition coefficient (Wildman–Crippen LogP) is 2.91. The van der Waals surface area contributed by atoms with Gasteiger partial charge in [-0.2, -0.15) is 0 Å². The monoisotopic (exact) mass is 496 g/mol. The van der Waals surface area contributed by atoms with Crippen molar-refractivity contribution in [1.29, 1.82) is 0 Å². The molecule has 0 aromatic heterocycles. The van der Waals surface area contributed by atoms with Gasteiger partial charge in [-0.3, -0.25) is 9.89 Å². The standard InChI is InChI=1S/C20H40N4O2.HI/c1-7-12-24(13-8-2)19(18(4)5)17-23-20(21-9-3)22-11-10-14-26-16-15-25-6;/h7-8,18-19H,1-2,9-17H2,3-6H3,(H2,21,22,23);1H. The zero-order chi connectivity index (χ0) is 19.6. The minimum Gasteiger partial charge on any atom is -0.382 e. The molecule has 0 amide bonds. The van der Waals surface area contributed by atoms with Crippen LogP contribution in [0.15, 0.2) is 30.3 Å². The SMILES string of the molecule is C=CCN(CC=C)C(CN=C(NCC)NCCCOCCOC)C(C)C.I. The number of hydrogen-bond acceptors (Lipinski definition) is 4. The molecule has 0 rings (SSSR count). The molecule has 0 aliphatic rings. The van der Waals surface area contributed by atoms with Gasteiger partial charge < -0.3 is 20.1 Å². The Balaban J connectivity index is 0. The van der Waals surface area contributed by atoms with Crippen molar-refractivity contribution in [3.05, 3.63) is 25.3 Å². The lowest BCUT2D eigenvalue weighted by Gasteiger charge is -2.32. The van der Waals surface area contributed by atoms with Gasteiger partial charge in [0.25, 0.3) is 0 Å². The minimum absolute atomic E-state index is 0. The van der Waals surface area contributed by atoms with Gasteiger partial charge in [-0.25, -0.2) is 0 Å². The Kier molecular flexibility index (Phi) is 21.3. The molecule has 0 radical (unpaired) electrons. The number of halogens is 1. The quantitative estimate of drug-likeness (QED) is 0.113. The van der Waals surface area contributed by atoms with E-state index >= 15 is 0 Å². The van der Waals surface area contributed by atoms with Gasteiger partial charge in [0.1, 0.15) is 0 Å². The van der Waals surface area contributed by atoms with Crippen LogP contribution in [0.1, 0.15) is 27.2 Å². The van der Waals surface area contributed by atoms with Gasteiger partial charge >= 0.3 is 0 Å². The van der Waals surface area contributed by atoms with Crippen LogP contribution in [0.25, 0.3) is 0 Å².